The second-order valence-electron chi connectivity index (χ2n) is 7.90. The van der Waals surface area contributed by atoms with Crippen LogP contribution in [0.1, 0.15) is 66.3 Å². The molecule has 1 saturated carbocycles. The molecule has 0 radical (unpaired) electrons. The third kappa shape index (κ3) is 2.90. The molecule has 10 heteroatoms. The Bertz CT molecular complexity index is 926. The summed E-state index contributed by atoms with van der Waals surface area (Å²) in [5, 5.41) is 14.4. The number of rotatable bonds is 3. The average Bonchev–Trinajstić information content (AvgIpc) is 3.23. The lowest BCUT2D eigenvalue weighted by atomic mass is 10.0. The lowest BCUT2D eigenvalue weighted by Crippen LogP contribution is -2.45. The molecule has 1 fully saturated rings. The predicted octanol–water partition coefficient (Wildman–Crippen LogP) is 2.48. The molecule has 3 heterocycles. The van der Waals surface area contributed by atoms with Crippen molar-refractivity contribution in [2.45, 2.75) is 57.0 Å². The van der Waals surface area contributed by atoms with E-state index in [0.717, 1.165) is 18.5 Å². The van der Waals surface area contributed by atoms with Gasteiger partial charge in [0.15, 0.2) is 5.82 Å². The fraction of sp³-hybridized carbons (Fsp3) is 0.611. The fourth-order valence-corrected chi connectivity index (χ4v) is 3.74. The van der Waals surface area contributed by atoms with E-state index >= 15 is 0 Å². The van der Waals surface area contributed by atoms with Crippen LogP contribution in [0.5, 0.6) is 0 Å². The van der Waals surface area contributed by atoms with E-state index in [9.17, 15) is 23.1 Å². The number of carbonyl (C=O) groups is 1. The van der Waals surface area contributed by atoms with Gasteiger partial charge in [-0.3, -0.25) is 9.48 Å². The monoisotopic (exact) mass is 397 g/mol. The maximum Gasteiger partial charge on any atom is 0.424 e. The van der Waals surface area contributed by atoms with Gasteiger partial charge in [0.25, 0.3) is 5.91 Å². The van der Waals surface area contributed by atoms with Crippen LogP contribution in [0.3, 0.4) is 0 Å². The molecule has 152 valence electrons. The van der Waals surface area contributed by atoms with Crippen molar-refractivity contribution in [1.29, 1.82) is 0 Å². The van der Waals surface area contributed by atoms with Crippen molar-refractivity contribution in [2.24, 2.45) is 7.05 Å². The molecule has 2 aromatic heterocycles. The van der Waals surface area contributed by atoms with E-state index in [-0.39, 0.29) is 19.0 Å². The van der Waals surface area contributed by atoms with E-state index in [1.54, 1.807) is 29.6 Å². The summed E-state index contributed by atoms with van der Waals surface area (Å²) < 4.78 is 42.7. The minimum atomic E-state index is -4.85. The van der Waals surface area contributed by atoms with Gasteiger partial charge in [-0.25, -0.2) is 4.98 Å². The number of imidazole rings is 1. The molecule has 28 heavy (non-hydrogen) atoms. The minimum Gasteiger partial charge on any atom is -0.374 e. The maximum atomic E-state index is 13.3. The Kier molecular flexibility index (Phi) is 4.11. The Labute approximate surface area is 159 Å². The van der Waals surface area contributed by atoms with Crippen molar-refractivity contribution in [1.82, 2.24) is 24.2 Å². The molecule has 2 aromatic rings. The zero-order chi connectivity index (χ0) is 20.4. The minimum absolute atomic E-state index is 0.119. The molecule has 0 saturated heterocycles. The molecule has 1 amide bonds. The van der Waals surface area contributed by atoms with Crippen molar-refractivity contribution in [2.75, 3.05) is 6.54 Å². The van der Waals surface area contributed by atoms with Crippen LogP contribution in [0.4, 0.5) is 13.2 Å². The van der Waals surface area contributed by atoms with Crippen LogP contribution in [-0.2, 0) is 19.2 Å². The lowest BCUT2D eigenvalue weighted by molar-refractivity contribution is -0.263. The van der Waals surface area contributed by atoms with Gasteiger partial charge in [0.1, 0.15) is 5.69 Å². The number of halogens is 3. The summed E-state index contributed by atoms with van der Waals surface area (Å²) in [4.78, 5) is 18.4. The summed E-state index contributed by atoms with van der Waals surface area (Å²) in [7, 11) is 1.72. The first kappa shape index (κ1) is 19.0. The first-order chi connectivity index (χ1) is 13.0. The van der Waals surface area contributed by atoms with E-state index in [0.29, 0.717) is 24.2 Å². The molecule has 0 unspecified atom stereocenters. The van der Waals surface area contributed by atoms with Crippen molar-refractivity contribution in [3.8, 4) is 0 Å². The average molecular weight is 397 g/mol. The fourth-order valence-electron chi connectivity index (χ4n) is 3.74. The molecule has 0 bridgehead atoms. The third-order valence-electron chi connectivity index (χ3n) is 5.54. The highest BCUT2D eigenvalue weighted by Crippen LogP contribution is 2.41. The number of carbonyl (C=O) groups excluding carboxylic acids is 1. The van der Waals surface area contributed by atoms with Gasteiger partial charge in [0.2, 0.25) is 5.60 Å². The van der Waals surface area contributed by atoms with Crippen LogP contribution in [0.2, 0.25) is 0 Å². The number of aryl methyl sites for hydroxylation is 1. The molecule has 2 atom stereocenters. The Balaban J connectivity index is 1.62. The van der Waals surface area contributed by atoms with Gasteiger partial charge in [-0.1, -0.05) is 0 Å². The van der Waals surface area contributed by atoms with Crippen LogP contribution < -0.4 is 0 Å². The molecular formula is C18H22F3N5O2. The standard InChI is InChI=1S/C18H22F3N5O2/c1-10-8-25(15(27)14-6-13(11-4-5-11)23-24(14)3)9-12-7-22-16(26(10)12)17(2,28)18(19,20)21/h6-7,10-11,28H,4-5,8-9H2,1-3H3/t10-,17+/m0/s1. The zero-order valence-electron chi connectivity index (χ0n) is 15.9. The molecule has 2 aliphatic rings. The molecule has 1 aliphatic carbocycles. The van der Waals surface area contributed by atoms with Gasteiger partial charge >= 0.3 is 6.18 Å². The number of alkyl halides is 3. The summed E-state index contributed by atoms with van der Waals surface area (Å²) in [5.41, 5.74) is -1.24. The first-order valence-electron chi connectivity index (χ1n) is 9.19. The molecule has 0 aromatic carbocycles. The number of aliphatic hydroxyl groups is 1. The summed E-state index contributed by atoms with van der Waals surface area (Å²) in [6, 6.07) is 1.34. The molecule has 4 rings (SSSR count). The molecule has 0 spiro atoms. The van der Waals surface area contributed by atoms with Gasteiger partial charge < -0.3 is 14.6 Å². The van der Waals surface area contributed by atoms with Crippen molar-refractivity contribution in [3.63, 3.8) is 0 Å². The van der Waals surface area contributed by atoms with E-state index in [4.69, 9.17) is 0 Å². The van der Waals surface area contributed by atoms with Crippen LogP contribution in [0, 0.1) is 0 Å². The highest BCUT2D eigenvalue weighted by atomic mass is 19.4. The number of nitrogens with zero attached hydrogens (tertiary/aromatic N) is 5. The summed E-state index contributed by atoms with van der Waals surface area (Å²) in [6.07, 6.45) is -1.40. The summed E-state index contributed by atoms with van der Waals surface area (Å²) in [5.74, 6) is -0.252. The highest BCUT2D eigenvalue weighted by molar-refractivity contribution is 5.92. The summed E-state index contributed by atoms with van der Waals surface area (Å²) in [6.45, 7) is 2.74. The smallest absolute Gasteiger partial charge is 0.374 e. The van der Waals surface area contributed by atoms with E-state index in [1.807, 2.05) is 0 Å². The number of hydrogen-bond acceptors (Lipinski definition) is 4. The molecule has 7 nitrogen and oxygen atoms in total. The molecule has 1 N–H and O–H groups in total. The Morgan fingerprint density at radius 2 is 2.00 bits per heavy atom. The molecular weight excluding hydrogens is 375 g/mol. The summed E-state index contributed by atoms with van der Waals surface area (Å²) >= 11 is 0. The Hall–Kier alpha value is -2.36. The van der Waals surface area contributed by atoms with Crippen molar-refractivity contribution < 1.29 is 23.1 Å². The van der Waals surface area contributed by atoms with E-state index in [1.165, 1.54) is 10.8 Å². The van der Waals surface area contributed by atoms with Crippen LogP contribution >= 0.6 is 0 Å². The van der Waals surface area contributed by atoms with Crippen molar-refractivity contribution in [3.05, 3.63) is 35.2 Å². The van der Waals surface area contributed by atoms with Crippen molar-refractivity contribution >= 4 is 5.91 Å². The van der Waals surface area contributed by atoms with Gasteiger partial charge in [0, 0.05) is 19.5 Å². The van der Waals surface area contributed by atoms with E-state index < -0.39 is 23.6 Å². The van der Waals surface area contributed by atoms with Gasteiger partial charge in [-0.05, 0) is 32.8 Å². The van der Waals surface area contributed by atoms with Crippen LogP contribution in [-0.4, -0.2) is 48.0 Å². The third-order valence-corrected chi connectivity index (χ3v) is 5.54. The highest BCUT2D eigenvalue weighted by Gasteiger charge is 2.55. The van der Waals surface area contributed by atoms with Gasteiger partial charge in [0.05, 0.1) is 30.2 Å². The first-order valence-corrected chi connectivity index (χ1v) is 9.19. The lowest BCUT2D eigenvalue weighted by Gasteiger charge is -2.36. The van der Waals surface area contributed by atoms with Gasteiger partial charge in [-0.15, -0.1) is 0 Å². The number of fused-ring (bicyclic) bond motifs is 1. The van der Waals surface area contributed by atoms with Gasteiger partial charge in [-0.2, -0.15) is 18.3 Å². The van der Waals surface area contributed by atoms with E-state index in [2.05, 4.69) is 10.1 Å². The normalized spacial score (nSPS) is 22.1. The topological polar surface area (TPSA) is 76.2 Å². The largest absolute Gasteiger partial charge is 0.424 e. The second kappa shape index (κ2) is 6.07. The second-order valence-corrected chi connectivity index (χ2v) is 7.90. The number of hydrogen-bond donors (Lipinski definition) is 1. The Morgan fingerprint density at radius 1 is 1.32 bits per heavy atom. The predicted molar refractivity (Wildman–Crippen MR) is 92.5 cm³/mol. The zero-order valence-corrected chi connectivity index (χ0v) is 15.9. The van der Waals surface area contributed by atoms with Crippen LogP contribution in [0.15, 0.2) is 12.3 Å². The number of aromatic nitrogens is 4. The quantitative estimate of drug-likeness (QED) is 0.863. The Morgan fingerprint density at radius 3 is 2.61 bits per heavy atom. The SMILES string of the molecule is C[C@H]1CN(C(=O)c2cc(C3CC3)nn2C)Cc2cnc([C@@](C)(O)C(F)(F)F)n21. The maximum absolute atomic E-state index is 13.3. The van der Waals surface area contributed by atoms with Crippen LogP contribution in [0.25, 0.3) is 0 Å². The number of amides is 1. The molecule has 1 aliphatic heterocycles.